The fourth-order valence-electron chi connectivity index (χ4n) is 1.13. The topological polar surface area (TPSA) is 26.0 Å². The van der Waals surface area contributed by atoms with Gasteiger partial charge in [0.2, 0.25) is 0 Å². The molecular formula is C7H9NOS. The minimum absolute atomic E-state index is 1.07. The molecule has 0 spiro atoms. The number of rotatable bonds is 0. The van der Waals surface area contributed by atoms with Gasteiger partial charge in [-0.05, 0) is 12.2 Å². The van der Waals surface area contributed by atoms with Gasteiger partial charge in [0.05, 0.1) is 6.20 Å². The van der Waals surface area contributed by atoms with E-state index in [1.165, 1.54) is 17.7 Å². The highest BCUT2D eigenvalue weighted by molar-refractivity contribution is 7.98. The molecule has 0 unspecified atom stereocenters. The Balaban J connectivity index is 2.28. The van der Waals surface area contributed by atoms with Crippen LogP contribution in [-0.4, -0.2) is 10.9 Å². The quantitative estimate of drug-likeness (QED) is 0.572. The maximum Gasteiger partial charge on any atom is 0.140 e. The fraction of sp³-hybridized carbons (Fsp3) is 0.571. The van der Waals surface area contributed by atoms with Gasteiger partial charge in [-0.1, -0.05) is 5.16 Å². The summed E-state index contributed by atoms with van der Waals surface area (Å²) < 4.78 is 5.07. The molecule has 1 aliphatic heterocycles. The lowest BCUT2D eigenvalue weighted by Crippen LogP contribution is -1.82. The first-order valence-electron chi connectivity index (χ1n) is 3.47. The van der Waals surface area contributed by atoms with Crippen molar-refractivity contribution >= 4 is 11.8 Å². The molecule has 2 nitrogen and oxygen atoms in total. The molecule has 2 rings (SSSR count). The van der Waals surface area contributed by atoms with Crippen molar-refractivity contribution in [2.75, 3.05) is 5.75 Å². The van der Waals surface area contributed by atoms with Crippen molar-refractivity contribution in [1.82, 2.24) is 5.16 Å². The van der Waals surface area contributed by atoms with Crippen LogP contribution in [0.15, 0.2) is 10.7 Å². The summed E-state index contributed by atoms with van der Waals surface area (Å²) in [5, 5.41) is 3.76. The third-order valence-corrected chi connectivity index (χ3v) is 2.77. The van der Waals surface area contributed by atoms with E-state index in [0.717, 1.165) is 17.9 Å². The van der Waals surface area contributed by atoms with Gasteiger partial charge in [-0.25, -0.2) is 0 Å². The Morgan fingerprint density at radius 1 is 1.60 bits per heavy atom. The molecule has 0 N–H and O–H groups in total. The van der Waals surface area contributed by atoms with Gasteiger partial charge in [-0.2, -0.15) is 11.8 Å². The maximum absolute atomic E-state index is 5.07. The molecule has 0 radical (unpaired) electrons. The first-order valence-corrected chi connectivity index (χ1v) is 4.62. The van der Waals surface area contributed by atoms with Crippen LogP contribution in [0.1, 0.15) is 17.7 Å². The van der Waals surface area contributed by atoms with Gasteiger partial charge in [0.25, 0.3) is 0 Å². The highest BCUT2D eigenvalue weighted by Gasteiger charge is 2.10. The lowest BCUT2D eigenvalue weighted by Gasteiger charge is -1.88. The maximum atomic E-state index is 5.07. The van der Waals surface area contributed by atoms with Crippen molar-refractivity contribution in [2.45, 2.75) is 18.6 Å². The van der Waals surface area contributed by atoms with Crippen LogP contribution >= 0.6 is 11.8 Å². The van der Waals surface area contributed by atoms with Crippen LogP contribution in [0.3, 0.4) is 0 Å². The number of aryl methyl sites for hydroxylation is 1. The predicted octanol–water partition coefficient (Wildman–Crippen LogP) is 1.85. The van der Waals surface area contributed by atoms with Gasteiger partial charge in [0.15, 0.2) is 0 Å². The normalized spacial score (nSPS) is 18.0. The smallest absolute Gasteiger partial charge is 0.140 e. The van der Waals surface area contributed by atoms with Crippen LogP contribution in [0.4, 0.5) is 0 Å². The summed E-state index contributed by atoms with van der Waals surface area (Å²) in [5.74, 6) is 3.44. The van der Waals surface area contributed by atoms with E-state index in [4.69, 9.17) is 4.52 Å². The van der Waals surface area contributed by atoms with Gasteiger partial charge in [-0.3, -0.25) is 0 Å². The molecule has 10 heavy (non-hydrogen) atoms. The Morgan fingerprint density at radius 3 is 3.60 bits per heavy atom. The summed E-state index contributed by atoms with van der Waals surface area (Å²) in [6, 6.07) is 0. The molecule has 0 aliphatic carbocycles. The minimum atomic E-state index is 1.07. The first kappa shape index (κ1) is 6.28. The van der Waals surface area contributed by atoms with Crippen molar-refractivity contribution in [3.63, 3.8) is 0 Å². The molecular weight excluding hydrogens is 146 g/mol. The standard InChI is InChI=1S/C7H9NOS/c1-2-7-6(4-8-9-7)5-10-3-1/h4H,1-3,5H2. The van der Waals surface area contributed by atoms with Crippen molar-refractivity contribution in [1.29, 1.82) is 0 Å². The van der Waals surface area contributed by atoms with Gasteiger partial charge in [0, 0.05) is 17.7 Å². The van der Waals surface area contributed by atoms with Crippen LogP contribution in [0.2, 0.25) is 0 Å². The largest absolute Gasteiger partial charge is 0.361 e. The summed E-state index contributed by atoms with van der Waals surface area (Å²) in [6.45, 7) is 0. The summed E-state index contributed by atoms with van der Waals surface area (Å²) >= 11 is 1.96. The van der Waals surface area contributed by atoms with Gasteiger partial charge >= 0.3 is 0 Å². The number of hydrogen-bond donors (Lipinski definition) is 0. The molecule has 1 aliphatic rings. The highest BCUT2D eigenvalue weighted by atomic mass is 32.2. The second kappa shape index (κ2) is 2.66. The van der Waals surface area contributed by atoms with E-state index in [0.29, 0.717) is 0 Å². The van der Waals surface area contributed by atoms with E-state index in [-0.39, 0.29) is 0 Å². The summed E-state index contributed by atoms with van der Waals surface area (Å²) in [5.41, 5.74) is 1.29. The number of nitrogens with zero attached hydrogens (tertiary/aromatic N) is 1. The zero-order chi connectivity index (χ0) is 6.81. The molecule has 1 aromatic heterocycles. The molecule has 0 saturated carbocycles. The van der Waals surface area contributed by atoms with Crippen molar-refractivity contribution in [3.8, 4) is 0 Å². The van der Waals surface area contributed by atoms with Crippen LogP contribution in [-0.2, 0) is 12.2 Å². The number of hydrogen-bond acceptors (Lipinski definition) is 3. The average molecular weight is 155 g/mol. The van der Waals surface area contributed by atoms with Crippen molar-refractivity contribution in [2.24, 2.45) is 0 Å². The lowest BCUT2D eigenvalue weighted by atomic mass is 10.2. The van der Waals surface area contributed by atoms with Crippen LogP contribution in [0, 0.1) is 0 Å². The monoisotopic (exact) mass is 155 g/mol. The molecule has 0 amide bonds. The fourth-order valence-corrected chi connectivity index (χ4v) is 2.07. The number of thioether (sulfide) groups is 1. The zero-order valence-corrected chi connectivity index (χ0v) is 6.49. The summed E-state index contributed by atoms with van der Waals surface area (Å²) in [7, 11) is 0. The van der Waals surface area contributed by atoms with Gasteiger partial charge < -0.3 is 4.52 Å². The molecule has 0 atom stereocenters. The molecule has 0 fully saturated rings. The Kier molecular flexibility index (Phi) is 1.67. The highest BCUT2D eigenvalue weighted by Crippen LogP contribution is 2.22. The number of fused-ring (bicyclic) bond motifs is 1. The summed E-state index contributed by atoms with van der Waals surface area (Å²) in [6.07, 6.45) is 4.14. The lowest BCUT2D eigenvalue weighted by molar-refractivity contribution is 0.382. The van der Waals surface area contributed by atoms with Crippen LogP contribution in [0.5, 0.6) is 0 Å². The average Bonchev–Trinajstić information content (AvgIpc) is 2.28. The van der Waals surface area contributed by atoms with E-state index in [1.807, 2.05) is 18.0 Å². The second-order valence-electron chi connectivity index (χ2n) is 2.43. The Morgan fingerprint density at radius 2 is 2.60 bits per heavy atom. The molecule has 3 heteroatoms. The second-order valence-corrected chi connectivity index (χ2v) is 3.54. The van der Waals surface area contributed by atoms with E-state index >= 15 is 0 Å². The van der Waals surface area contributed by atoms with E-state index in [1.54, 1.807) is 0 Å². The van der Waals surface area contributed by atoms with E-state index in [9.17, 15) is 0 Å². The van der Waals surface area contributed by atoms with Crippen LogP contribution in [0.25, 0.3) is 0 Å². The molecule has 1 aromatic rings. The first-order chi connectivity index (χ1) is 4.97. The molecule has 54 valence electrons. The van der Waals surface area contributed by atoms with Crippen molar-refractivity contribution in [3.05, 3.63) is 17.5 Å². The molecule has 0 bridgehead atoms. The van der Waals surface area contributed by atoms with Crippen molar-refractivity contribution < 1.29 is 4.52 Å². The Hall–Kier alpha value is -0.440. The third kappa shape index (κ3) is 1.06. The van der Waals surface area contributed by atoms with Gasteiger partial charge in [-0.15, -0.1) is 0 Å². The Bertz CT molecular complexity index is 201. The van der Waals surface area contributed by atoms with E-state index < -0.39 is 0 Å². The number of aromatic nitrogens is 1. The van der Waals surface area contributed by atoms with E-state index in [2.05, 4.69) is 5.16 Å². The predicted molar refractivity (Wildman–Crippen MR) is 41.0 cm³/mol. The molecule has 2 heterocycles. The van der Waals surface area contributed by atoms with Gasteiger partial charge in [0.1, 0.15) is 5.76 Å². The SMILES string of the molecule is c1noc2c1CSCCC2. The Labute approximate surface area is 64.0 Å². The molecule has 0 saturated heterocycles. The third-order valence-electron chi connectivity index (χ3n) is 1.68. The van der Waals surface area contributed by atoms with Crippen LogP contribution < -0.4 is 0 Å². The summed E-state index contributed by atoms with van der Waals surface area (Å²) in [4.78, 5) is 0. The zero-order valence-electron chi connectivity index (χ0n) is 5.67. The minimum Gasteiger partial charge on any atom is -0.361 e. The molecule has 0 aromatic carbocycles.